The maximum atomic E-state index is 12.2. The van der Waals surface area contributed by atoms with E-state index in [-0.39, 0.29) is 22.3 Å². The summed E-state index contributed by atoms with van der Waals surface area (Å²) in [5, 5.41) is 0. The minimum Gasteiger partial charge on any atom is -0.464 e. The first-order valence-corrected chi connectivity index (χ1v) is 8.29. The number of methoxy groups -OCH3 is 1. The molecule has 0 bridgehead atoms. The Balaban J connectivity index is 2.15. The van der Waals surface area contributed by atoms with Gasteiger partial charge in [0.25, 0.3) is 10.0 Å². The van der Waals surface area contributed by atoms with Crippen LogP contribution in [0.1, 0.15) is 29.1 Å². The summed E-state index contributed by atoms with van der Waals surface area (Å²) in [6.45, 7) is 1.79. The molecule has 0 saturated carbocycles. The van der Waals surface area contributed by atoms with Gasteiger partial charge in [0.1, 0.15) is 5.76 Å². The molecule has 2 rings (SSSR count). The van der Waals surface area contributed by atoms with Crippen molar-refractivity contribution in [1.82, 2.24) is 14.7 Å². The van der Waals surface area contributed by atoms with Gasteiger partial charge in [-0.15, -0.1) is 11.3 Å². The molecule has 21 heavy (non-hydrogen) atoms. The highest BCUT2D eigenvalue weighted by Gasteiger charge is 2.26. The number of oxazole rings is 1. The second-order valence-corrected chi connectivity index (χ2v) is 6.70. The number of hydrogen-bond acceptors (Lipinski definition) is 8. The summed E-state index contributed by atoms with van der Waals surface area (Å²) in [7, 11) is -2.74. The van der Waals surface area contributed by atoms with Gasteiger partial charge in [-0.1, -0.05) is 6.92 Å². The normalized spacial score (nSPS) is 11.5. The molecule has 1 N–H and O–H groups in total. The average molecular weight is 331 g/mol. The standard InChI is InChI=1S/C11H13N3O5S2/c1-3-7-4-12-8(19-7)5-14-21(16,17)11-9(10(15)18-2)13-6-20-11/h4,6,14H,3,5H2,1-2H3. The number of hydrogen-bond donors (Lipinski definition) is 1. The molecule has 0 unspecified atom stereocenters. The molecule has 0 radical (unpaired) electrons. The summed E-state index contributed by atoms with van der Waals surface area (Å²) >= 11 is 0.832. The number of nitrogens with zero attached hydrogens (tertiary/aromatic N) is 2. The smallest absolute Gasteiger partial charge is 0.358 e. The third-order valence-corrected chi connectivity index (χ3v) is 5.29. The monoisotopic (exact) mass is 331 g/mol. The van der Waals surface area contributed by atoms with Gasteiger partial charge in [0.2, 0.25) is 5.89 Å². The van der Waals surface area contributed by atoms with Crippen LogP contribution in [0.4, 0.5) is 0 Å². The molecule has 114 valence electrons. The van der Waals surface area contributed by atoms with Crippen molar-refractivity contribution in [2.24, 2.45) is 0 Å². The molecular weight excluding hydrogens is 318 g/mol. The molecule has 2 heterocycles. The minimum absolute atomic E-state index is 0.110. The number of ether oxygens (including phenoxy) is 1. The number of sulfonamides is 1. The van der Waals surface area contributed by atoms with Crippen LogP contribution in [0.2, 0.25) is 0 Å². The van der Waals surface area contributed by atoms with Gasteiger partial charge in [-0.2, -0.15) is 0 Å². The van der Waals surface area contributed by atoms with Crippen LogP contribution in [-0.4, -0.2) is 31.5 Å². The maximum Gasteiger partial charge on any atom is 0.358 e. The molecule has 0 aromatic carbocycles. The van der Waals surface area contributed by atoms with Crippen LogP contribution in [-0.2, 0) is 27.7 Å². The number of carbonyl (C=O) groups excluding carboxylic acids is 1. The molecule has 0 saturated heterocycles. The summed E-state index contributed by atoms with van der Waals surface area (Å²) in [6.07, 6.45) is 2.21. The van der Waals surface area contributed by atoms with Crippen molar-refractivity contribution in [2.45, 2.75) is 24.1 Å². The molecular formula is C11H13N3O5S2. The second-order valence-electron chi connectivity index (χ2n) is 3.88. The highest BCUT2D eigenvalue weighted by Crippen LogP contribution is 2.20. The number of carbonyl (C=O) groups is 1. The fraction of sp³-hybridized carbons (Fsp3) is 0.364. The molecule has 2 aromatic rings. The van der Waals surface area contributed by atoms with E-state index in [1.807, 2.05) is 6.92 Å². The predicted octanol–water partition coefficient (Wildman–Crippen LogP) is 0.959. The minimum atomic E-state index is -3.89. The molecule has 0 fully saturated rings. The molecule has 0 amide bonds. The van der Waals surface area contributed by atoms with Gasteiger partial charge in [-0.3, -0.25) is 0 Å². The van der Waals surface area contributed by atoms with Crippen LogP contribution in [0.25, 0.3) is 0 Å². The van der Waals surface area contributed by atoms with E-state index < -0.39 is 16.0 Å². The first kappa shape index (κ1) is 15.6. The van der Waals surface area contributed by atoms with Crippen LogP contribution >= 0.6 is 11.3 Å². The first-order chi connectivity index (χ1) is 9.97. The molecule has 0 aliphatic carbocycles. The van der Waals surface area contributed by atoms with Crippen LogP contribution in [0.15, 0.2) is 20.3 Å². The summed E-state index contributed by atoms with van der Waals surface area (Å²) in [4.78, 5) is 19.1. The lowest BCUT2D eigenvalue weighted by molar-refractivity contribution is 0.0590. The summed E-state index contributed by atoms with van der Waals surface area (Å²) < 4.78 is 36.2. The first-order valence-electron chi connectivity index (χ1n) is 5.93. The molecule has 8 nitrogen and oxygen atoms in total. The highest BCUT2D eigenvalue weighted by atomic mass is 32.2. The van der Waals surface area contributed by atoms with Crippen molar-refractivity contribution in [1.29, 1.82) is 0 Å². The predicted molar refractivity (Wildman–Crippen MR) is 73.4 cm³/mol. The number of thiazole rings is 1. The van der Waals surface area contributed by atoms with Crippen molar-refractivity contribution >= 4 is 27.3 Å². The summed E-state index contributed by atoms with van der Waals surface area (Å²) in [5.41, 5.74) is 1.03. The quantitative estimate of drug-likeness (QED) is 0.785. The van der Waals surface area contributed by atoms with E-state index in [4.69, 9.17) is 4.42 Å². The molecule has 2 aromatic heterocycles. The fourth-order valence-electron chi connectivity index (χ4n) is 1.47. The zero-order valence-corrected chi connectivity index (χ0v) is 13.0. The topological polar surface area (TPSA) is 111 Å². The van der Waals surface area contributed by atoms with Crippen LogP contribution < -0.4 is 4.72 Å². The molecule has 10 heteroatoms. The van der Waals surface area contributed by atoms with Crippen molar-refractivity contribution in [3.05, 3.63) is 29.1 Å². The number of aryl methyl sites for hydroxylation is 1. The van der Waals surface area contributed by atoms with E-state index in [0.717, 1.165) is 18.4 Å². The van der Waals surface area contributed by atoms with Gasteiger partial charge in [-0.05, 0) is 0 Å². The lowest BCUT2D eigenvalue weighted by Crippen LogP contribution is -2.24. The van der Waals surface area contributed by atoms with Gasteiger partial charge in [0, 0.05) is 6.42 Å². The van der Waals surface area contributed by atoms with Gasteiger partial charge in [-0.25, -0.2) is 27.9 Å². The van der Waals surface area contributed by atoms with Gasteiger partial charge < -0.3 is 9.15 Å². The molecule has 0 aliphatic rings. The lowest BCUT2D eigenvalue weighted by Gasteiger charge is -2.04. The second kappa shape index (κ2) is 6.33. The Bertz CT molecular complexity index is 735. The van der Waals surface area contributed by atoms with Crippen molar-refractivity contribution in [2.75, 3.05) is 7.11 Å². The van der Waals surface area contributed by atoms with E-state index in [9.17, 15) is 13.2 Å². The largest absolute Gasteiger partial charge is 0.464 e. The number of aromatic nitrogens is 2. The van der Waals surface area contributed by atoms with Crippen LogP contribution in [0, 0.1) is 0 Å². The Morgan fingerprint density at radius 2 is 2.24 bits per heavy atom. The van der Waals surface area contributed by atoms with E-state index in [0.29, 0.717) is 12.2 Å². The van der Waals surface area contributed by atoms with E-state index in [2.05, 4.69) is 19.4 Å². The Hall–Kier alpha value is -1.78. The summed E-state index contributed by atoms with van der Waals surface area (Å²) in [5.74, 6) is 0.109. The molecule has 0 spiro atoms. The van der Waals surface area contributed by atoms with Gasteiger partial charge in [0.15, 0.2) is 9.90 Å². The Morgan fingerprint density at radius 1 is 1.48 bits per heavy atom. The fourth-order valence-corrected chi connectivity index (χ4v) is 3.62. The van der Waals surface area contributed by atoms with Gasteiger partial charge in [0.05, 0.1) is 25.4 Å². The molecule has 0 aliphatic heterocycles. The zero-order chi connectivity index (χ0) is 15.5. The maximum absolute atomic E-state index is 12.2. The SMILES string of the molecule is CCc1cnc(CNS(=O)(=O)c2scnc2C(=O)OC)o1. The van der Waals surface area contributed by atoms with E-state index in [1.54, 1.807) is 0 Å². The Morgan fingerprint density at radius 3 is 2.86 bits per heavy atom. The van der Waals surface area contributed by atoms with Crippen molar-refractivity contribution in [3.8, 4) is 0 Å². The van der Waals surface area contributed by atoms with E-state index in [1.165, 1.54) is 11.7 Å². The van der Waals surface area contributed by atoms with Crippen molar-refractivity contribution < 1.29 is 22.4 Å². The zero-order valence-electron chi connectivity index (χ0n) is 11.3. The number of esters is 1. The summed E-state index contributed by atoms with van der Waals surface area (Å²) in [6, 6.07) is 0. The van der Waals surface area contributed by atoms with Gasteiger partial charge >= 0.3 is 5.97 Å². The number of nitrogens with one attached hydrogen (secondary N) is 1. The molecule has 0 atom stereocenters. The Labute approximate surface area is 125 Å². The van der Waals surface area contributed by atoms with Crippen molar-refractivity contribution in [3.63, 3.8) is 0 Å². The average Bonchev–Trinajstić information content (AvgIpc) is 3.13. The number of rotatable bonds is 6. The van der Waals surface area contributed by atoms with Crippen LogP contribution in [0.5, 0.6) is 0 Å². The lowest BCUT2D eigenvalue weighted by atomic mass is 10.4. The van der Waals surface area contributed by atoms with E-state index >= 15 is 0 Å². The Kier molecular flexibility index (Phi) is 4.70. The third kappa shape index (κ3) is 3.46. The highest BCUT2D eigenvalue weighted by molar-refractivity contribution is 7.91. The van der Waals surface area contributed by atoms with Crippen LogP contribution in [0.3, 0.4) is 0 Å². The third-order valence-electron chi connectivity index (χ3n) is 2.52.